The Morgan fingerprint density at radius 3 is 2.46 bits per heavy atom. The minimum atomic E-state index is -0.558. The van der Waals surface area contributed by atoms with Crippen LogP contribution in [0, 0.1) is 0 Å². The Labute approximate surface area is 143 Å². The predicted octanol–water partition coefficient (Wildman–Crippen LogP) is 4.61. The highest BCUT2D eigenvalue weighted by atomic mass is 16.5. The maximum Gasteiger partial charge on any atom is 0.265 e. The van der Waals surface area contributed by atoms with Gasteiger partial charge < -0.3 is 14.8 Å². The number of anilines is 1. The second-order valence-electron chi connectivity index (χ2n) is 5.92. The first kappa shape index (κ1) is 17.9. The van der Waals surface area contributed by atoms with Gasteiger partial charge in [-0.05, 0) is 36.1 Å². The van der Waals surface area contributed by atoms with E-state index in [0.29, 0.717) is 23.8 Å². The molecule has 0 bridgehead atoms. The first-order chi connectivity index (χ1) is 11.5. The minimum Gasteiger partial charge on any atom is -0.497 e. The van der Waals surface area contributed by atoms with Crippen molar-refractivity contribution in [1.29, 1.82) is 0 Å². The minimum absolute atomic E-state index is 0.145. The Morgan fingerprint density at radius 1 is 1.08 bits per heavy atom. The molecule has 0 spiro atoms. The lowest BCUT2D eigenvalue weighted by Crippen LogP contribution is -2.32. The predicted molar refractivity (Wildman–Crippen MR) is 96.9 cm³/mol. The van der Waals surface area contributed by atoms with Crippen molar-refractivity contribution in [3.8, 4) is 11.5 Å². The molecule has 1 N–H and O–H groups in total. The summed E-state index contributed by atoms with van der Waals surface area (Å²) in [5.74, 6) is 1.51. The van der Waals surface area contributed by atoms with E-state index in [1.807, 2.05) is 49.4 Å². The Balaban J connectivity index is 2.11. The monoisotopic (exact) mass is 327 g/mol. The van der Waals surface area contributed by atoms with Crippen LogP contribution in [0.4, 0.5) is 5.69 Å². The third-order valence-corrected chi connectivity index (χ3v) is 3.82. The molecular formula is C20H25NO3. The number of hydrogen-bond donors (Lipinski definition) is 1. The third kappa shape index (κ3) is 4.51. The molecule has 24 heavy (non-hydrogen) atoms. The number of methoxy groups -OCH3 is 1. The molecule has 4 heteroatoms. The molecule has 0 saturated heterocycles. The van der Waals surface area contributed by atoms with Crippen LogP contribution in [0.1, 0.15) is 38.7 Å². The molecule has 0 aromatic heterocycles. The Bertz CT molecular complexity index is 682. The third-order valence-electron chi connectivity index (χ3n) is 3.82. The van der Waals surface area contributed by atoms with Crippen molar-refractivity contribution in [3.63, 3.8) is 0 Å². The summed E-state index contributed by atoms with van der Waals surface area (Å²) in [6, 6.07) is 15.1. The van der Waals surface area contributed by atoms with Crippen LogP contribution in [0.15, 0.2) is 48.5 Å². The fourth-order valence-corrected chi connectivity index (χ4v) is 2.49. The average Bonchev–Trinajstić information content (AvgIpc) is 2.60. The maximum absolute atomic E-state index is 12.6. The van der Waals surface area contributed by atoms with Gasteiger partial charge in [0.1, 0.15) is 11.5 Å². The SMILES string of the molecule is CCC(Oc1cccc(OC)c1)C(=O)Nc1ccccc1C(C)C. The number of rotatable bonds is 7. The van der Waals surface area contributed by atoms with E-state index in [0.717, 1.165) is 11.3 Å². The fraction of sp³-hybridized carbons (Fsp3) is 0.350. The molecular weight excluding hydrogens is 302 g/mol. The van der Waals surface area contributed by atoms with Crippen LogP contribution in [0.2, 0.25) is 0 Å². The van der Waals surface area contributed by atoms with Crippen molar-refractivity contribution in [2.24, 2.45) is 0 Å². The standard InChI is InChI=1S/C20H25NO3/c1-5-19(24-16-10-8-9-15(13-16)23-4)20(22)21-18-12-7-6-11-17(18)14(2)3/h6-14,19H,5H2,1-4H3,(H,21,22). The molecule has 4 nitrogen and oxygen atoms in total. The number of para-hydroxylation sites is 1. The van der Waals surface area contributed by atoms with Gasteiger partial charge in [0.25, 0.3) is 5.91 Å². The molecule has 1 unspecified atom stereocenters. The number of hydrogen-bond acceptors (Lipinski definition) is 3. The van der Waals surface area contributed by atoms with Crippen LogP contribution in [-0.4, -0.2) is 19.1 Å². The lowest BCUT2D eigenvalue weighted by atomic mass is 10.0. The van der Waals surface area contributed by atoms with Gasteiger partial charge in [0.2, 0.25) is 0 Å². The lowest BCUT2D eigenvalue weighted by molar-refractivity contribution is -0.122. The molecule has 0 heterocycles. The molecule has 0 aliphatic heterocycles. The molecule has 0 aliphatic rings. The second kappa shape index (κ2) is 8.39. The molecule has 0 fully saturated rings. The van der Waals surface area contributed by atoms with Crippen LogP contribution >= 0.6 is 0 Å². The highest BCUT2D eigenvalue weighted by Crippen LogP contribution is 2.25. The molecule has 2 aromatic carbocycles. The number of carbonyl (C=O) groups is 1. The molecule has 0 aliphatic carbocycles. The normalized spacial score (nSPS) is 11.9. The van der Waals surface area contributed by atoms with Gasteiger partial charge in [-0.1, -0.05) is 45.0 Å². The van der Waals surface area contributed by atoms with Gasteiger partial charge in [-0.15, -0.1) is 0 Å². The highest BCUT2D eigenvalue weighted by Gasteiger charge is 2.20. The number of ether oxygens (including phenoxy) is 2. The van der Waals surface area contributed by atoms with Gasteiger partial charge in [0, 0.05) is 11.8 Å². The van der Waals surface area contributed by atoms with Crippen molar-refractivity contribution in [3.05, 3.63) is 54.1 Å². The summed E-state index contributed by atoms with van der Waals surface area (Å²) in [4.78, 5) is 12.6. The number of carbonyl (C=O) groups excluding carboxylic acids is 1. The van der Waals surface area contributed by atoms with Gasteiger partial charge in [0.15, 0.2) is 6.10 Å². The van der Waals surface area contributed by atoms with Gasteiger partial charge in [-0.3, -0.25) is 4.79 Å². The first-order valence-electron chi connectivity index (χ1n) is 8.25. The van der Waals surface area contributed by atoms with E-state index in [1.165, 1.54) is 0 Å². The quantitative estimate of drug-likeness (QED) is 0.807. The summed E-state index contributed by atoms with van der Waals surface area (Å²) in [7, 11) is 1.60. The van der Waals surface area contributed by atoms with Crippen molar-refractivity contribution < 1.29 is 14.3 Å². The van der Waals surface area contributed by atoms with Crippen molar-refractivity contribution in [2.45, 2.75) is 39.2 Å². The summed E-state index contributed by atoms with van der Waals surface area (Å²) in [5.41, 5.74) is 1.95. The molecule has 2 aromatic rings. The Morgan fingerprint density at radius 2 is 1.79 bits per heavy atom. The van der Waals surface area contributed by atoms with Gasteiger partial charge >= 0.3 is 0 Å². The van der Waals surface area contributed by atoms with Crippen LogP contribution in [0.25, 0.3) is 0 Å². The lowest BCUT2D eigenvalue weighted by Gasteiger charge is -2.19. The van der Waals surface area contributed by atoms with Gasteiger partial charge in [0.05, 0.1) is 7.11 Å². The van der Waals surface area contributed by atoms with Crippen LogP contribution < -0.4 is 14.8 Å². The Hall–Kier alpha value is -2.49. The smallest absolute Gasteiger partial charge is 0.265 e. The molecule has 0 saturated carbocycles. The molecule has 1 amide bonds. The number of benzene rings is 2. The van der Waals surface area contributed by atoms with E-state index in [1.54, 1.807) is 13.2 Å². The van der Waals surface area contributed by atoms with Crippen molar-refractivity contribution in [1.82, 2.24) is 0 Å². The first-order valence-corrected chi connectivity index (χ1v) is 8.25. The van der Waals surface area contributed by atoms with Crippen molar-refractivity contribution in [2.75, 3.05) is 12.4 Å². The largest absolute Gasteiger partial charge is 0.497 e. The second-order valence-corrected chi connectivity index (χ2v) is 5.92. The maximum atomic E-state index is 12.6. The summed E-state index contributed by atoms with van der Waals surface area (Å²) >= 11 is 0. The summed E-state index contributed by atoms with van der Waals surface area (Å²) < 4.78 is 11.0. The Kier molecular flexibility index (Phi) is 6.24. The van der Waals surface area contributed by atoms with Crippen LogP contribution in [0.3, 0.4) is 0 Å². The van der Waals surface area contributed by atoms with Crippen molar-refractivity contribution >= 4 is 11.6 Å². The van der Waals surface area contributed by atoms with E-state index in [4.69, 9.17) is 9.47 Å². The fourth-order valence-electron chi connectivity index (χ4n) is 2.49. The van der Waals surface area contributed by atoms with E-state index < -0.39 is 6.10 Å². The molecule has 0 radical (unpaired) electrons. The molecule has 128 valence electrons. The summed E-state index contributed by atoms with van der Waals surface area (Å²) in [5, 5.41) is 3.00. The van der Waals surface area contributed by atoms with E-state index in [9.17, 15) is 4.79 Å². The zero-order chi connectivity index (χ0) is 17.5. The average molecular weight is 327 g/mol. The van der Waals surface area contributed by atoms with E-state index in [-0.39, 0.29) is 5.91 Å². The molecule has 2 rings (SSSR count). The molecule has 1 atom stereocenters. The van der Waals surface area contributed by atoms with Crippen LogP contribution in [0.5, 0.6) is 11.5 Å². The van der Waals surface area contributed by atoms with E-state index >= 15 is 0 Å². The summed E-state index contributed by atoms with van der Waals surface area (Å²) in [6.07, 6.45) is 0.0182. The zero-order valence-corrected chi connectivity index (χ0v) is 14.7. The topological polar surface area (TPSA) is 47.6 Å². The number of nitrogens with one attached hydrogen (secondary N) is 1. The van der Waals surface area contributed by atoms with Crippen LogP contribution in [-0.2, 0) is 4.79 Å². The number of amides is 1. The zero-order valence-electron chi connectivity index (χ0n) is 14.7. The van der Waals surface area contributed by atoms with Gasteiger partial charge in [-0.25, -0.2) is 0 Å². The van der Waals surface area contributed by atoms with Gasteiger partial charge in [-0.2, -0.15) is 0 Å². The highest BCUT2D eigenvalue weighted by molar-refractivity contribution is 5.95. The van der Waals surface area contributed by atoms with E-state index in [2.05, 4.69) is 19.2 Å². The summed E-state index contributed by atoms with van der Waals surface area (Å²) in [6.45, 7) is 6.14.